The first-order valence-corrected chi connectivity index (χ1v) is 7.66. The number of nitrogens with zero attached hydrogens (tertiary/aromatic N) is 1. The van der Waals surface area contributed by atoms with Crippen LogP contribution in [0.25, 0.3) is 0 Å². The van der Waals surface area contributed by atoms with Crippen molar-refractivity contribution in [2.75, 3.05) is 13.2 Å². The molecule has 0 heterocycles. The second-order valence-corrected chi connectivity index (χ2v) is 5.47. The predicted molar refractivity (Wildman–Crippen MR) is 87.2 cm³/mol. The van der Waals surface area contributed by atoms with Crippen molar-refractivity contribution in [3.63, 3.8) is 0 Å². The Morgan fingerprint density at radius 2 is 1.92 bits per heavy atom. The summed E-state index contributed by atoms with van der Waals surface area (Å²) < 4.78 is 26.8. The van der Waals surface area contributed by atoms with Crippen LogP contribution in [0.1, 0.15) is 24.1 Å². The number of benzene rings is 2. The van der Waals surface area contributed by atoms with Crippen LogP contribution < -0.4 is 5.32 Å². The quantitative estimate of drug-likeness (QED) is 0.852. The normalized spacial score (nSPS) is 11.8. The topological polar surface area (TPSA) is 52.6 Å². The molecule has 24 heavy (non-hydrogen) atoms. The van der Waals surface area contributed by atoms with Crippen molar-refractivity contribution in [3.05, 3.63) is 71.3 Å². The van der Waals surface area contributed by atoms with E-state index in [1.54, 1.807) is 6.92 Å². The Morgan fingerprint density at radius 1 is 1.21 bits per heavy atom. The molecule has 2 amide bonds. The van der Waals surface area contributed by atoms with Crippen molar-refractivity contribution in [3.8, 4) is 0 Å². The van der Waals surface area contributed by atoms with Gasteiger partial charge < -0.3 is 15.3 Å². The summed E-state index contributed by atoms with van der Waals surface area (Å²) in [5.74, 6) is -1.37. The maximum absolute atomic E-state index is 13.8. The Hall–Kier alpha value is -2.47. The fourth-order valence-corrected chi connectivity index (χ4v) is 2.38. The minimum absolute atomic E-state index is 0.152. The second kappa shape index (κ2) is 8.40. The maximum Gasteiger partial charge on any atom is 0.318 e. The van der Waals surface area contributed by atoms with Gasteiger partial charge in [-0.1, -0.05) is 36.4 Å². The fourth-order valence-electron chi connectivity index (χ4n) is 2.38. The molecule has 2 N–H and O–H groups in total. The molecule has 0 radical (unpaired) electrons. The van der Waals surface area contributed by atoms with E-state index in [4.69, 9.17) is 5.11 Å². The third-order valence-corrected chi connectivity index (χ3v) is 3.64. The number of aliphatic hydroxyl groups is 1. The largest absolute Gasteiger partial charge is 0.395 e. The lowest BCUT2D eigenvalue weighted by Crippen LogP contribution is -2.42. The summed E-state index contributed by atoms with van der Waals surface area (Å²) in [5.41, 5.74) is 1.12. The zero-order chi connectivity index (χ0) is 17.5. The van der Waals surface area contributed by atoms with Crippen LogP contribution in [0.4, 0.5) is 13.6 Å². The summed E-state index contributed by atoms with van der Waals surface area (Å²) in [6.07, 6.45) is 0. The van der Waals surface area contributed by atoms with E-state index in [1.807, 2.05) is 30.3 Å². The summed E-state index contributed by atoms with van der Waals surface area (Å²) in [7, 11) is 0. The number of carbonyl (C=O) groups is 1. The van der Waals surface area contributed by atoms with E-state index in [1.165, 1.54) is 11.0 Å². The van der Waals surface area contributed by atoms with E-state index in [0.29, 0.717) is 6.54 Å². The first-order valence-electron chi connectivity index (χ1n) is 7.66. The summed E-state index contributed by atoms with van der Waals surface area (Å²) in [6.45, 7) is 1.92. The highest BCUT2D eigenvalue weighted by molar-refractivity contribution is 5.74. The Morgan fingerprint density at radius 3 is 2.54 bits per heavy atom. The molecule has 1 unspecified atom stereocenters. The van der Waals surface area contributed by atoms with E-state index in [2.05, 4.69) is 5.32 Å². The molecule has 0 fully saturated rings. The minimum Gasteiger partial charge on any atom is -0.395 e. The number of rotatable bonds is 6. The molecular formula is C18H20F2N2O2. The molecule has 0 aliphatic rings. The summed E-state index contributed by atoms with van der Waals surface area (Å²) >= 11 is 0. The molecule has 0 aromatic heterocycles. The van der Waals surface area contributed by atoms with Gasteiger partial charge in [-0.05, 0) is 18.6 Å². The average Bonchev–Trinajstić information content (AvgIpc) is 2.55. The summed E-state index contributed by atoms with van der Waals surface area (Å²) in [6, 6.07) is 11.5. The Balaban J connectivity index is 2.06. The number of aliphatic hydroxyl groups excluding tert-OH is 1. The Labute approximate surface area is 139 Å². The molecule has 0 aliphatic heterocycles. The van der Waals surface area contributed by atoms with Gasteiger partial charge >= 0.3 is 6.03 Å². The number of carbonyl (C=O) groups excluding carboxylic acids is 1. The average molecular weight is 334 g/mol. The van der Waals surface area contributed by atoms with E-state index in [-0.39, 0.29) is 18.7 Å². The number of hydrogen-bond acceptors (Lipinski definition) is 2. The molecule has 0 spiro atoms. The molecule has 4 nitrogen and oxygen atoms in total. The second-order valence-electron chi connectivity index (χ2n) is 5.47. The number of hydrogen-bond donors (Lipinski definition) is 2. The molecule has 6 heteroatoms. The highest BCUT2D eigenvalue weighted by Gasteiger charge is 2.18. The minimum atomic E-state index is -0.709. The standard InChI is InChI=1S/C18H20F2N2O2/c1-13(16-8-7-15(19)11-17(16)20)21-18(24)22(9-10-23)12-14-5-3-2-4-6-14/h2-8,11,13,23H,9-10,12H2,1H3,(H,21,24). The molecule has 128 valence electrons. The molecule has 0 saturated heterocycles. The third-order valence-electron chi connectivity index (χ3n) is 3.64. The van der Waals surface area contributed by atoms with Crippen molar-refractivity contribution in [1.29, 1.82) is 0 Å². The number of urea groups is 1. The van der Waals surface area contributed by atoms with Crippen LogP contribution in [0, 0.1) is 11.6 Å². The van der Waals surface area contributed by atoms with Gasteiger partial charge in [0.25, 0.3) is 0 Å². The lowest BCUT2D eigenvalue weighted by molar-refractivity contribution is 0.171. The van der Waals surface area contributed by atoms with Gasteiger partial charge in [-0.3, -0.25) is 0 Å². The van der Waals surface area contributed by atoms with Gasteiger partial charge in [0.2, 0.25) is 0 Å². The third kappa shape index (κ3) is 4.76. The molecule has 2 aromatic carbocycles. The zero-order valence-electron chi connectivity index (χ0n) is 13.4. The first-order chi connectivity index (χ1) is 11.5. The zero-order valence-corrected chi connectivity index (χ0v) is 13.4. The van der Waals surface area contributed by atoms with Gasteiger partial charge in [0, 0.05) is 24.7 Å². The van der Waals surface area contributed by atoms with Crippen molar-refractivity contribution in [2.45, 2.75) is 19.5 Å². The van der Waals surface area contributed by atoms with Crippen molar-refractivity contribution in [2.24, 2.45) is 0 Å². The van der Waals surface area contributed by atoms with Crippen LogP contribution >= 0.6 is 0 Å². The van der Waals surface area contributed by atoms with Gasteiger partial charge in [0.05, 0.1) is 12.6 Å². The highest BCUT2D eigenvalue weighted by Crippen LogP contribution is 2.18. The van der Waals surface area contributed by atoms with E-state index in [0.717, 1.165) is 17.7 Å². The summed E-state index contributed by atoms with van der Waals surface area (Å²) in [5, 5.41) is 11.8. The molecule has 0 aliphatic carbocycles. The number of nitrogens with one attached hydrogen (secondary N) is 1. The SMILES string of the molecule is CC(NC(=O)N(CCO)Cc1ccccc1)c1ccc(F)cc1F. The van der Waals surface area contributed by atoms with E-state index >= 15 is 0 Å². The van der Waals surface area contributed by atoms with Crippen LogP contribution in [0.2, 0.25) is 0 Å². The first kappa shape index (κ1) is 17.9. The smallest absolute Gasteiger partial charge is 0.318 e. The van der Waals surface area contributed by atoms with Crippen LogP contribution in [0.3, 0.4) is 0 Å². The molecule has 0 saturated carbocycles. The van der Waals surface area contributed by atoms with Crippen LogP contribution in [-0.4, -0.2) is 29.2 Å². The lowest BCUT2D eigenvalue weighted by atomic mass is 10.1. The maximum atomic E-state index is 13.8. The van der Waals surface area contributed by atoms with E-state index < -0.39 is 23.7 Å². The van der Waals surface area contributed by atoms with Crippen LogP contribution in [0.15, 0.2) is 48.5 Å². The van der Waals surface area contributed by atoms with Crippen molar-refractivity contribution >= 4 is 6.03 Å². The fraction of sp³-hybridized carbons (Fsp3) is 0.278. The van der Waals surface area contributed by atoms with Crippen molar-refractivity contribution < 1.29 is 18.7 Å². The van der Waals surface area contributed by atoms with Gasteiger partial charge in [0.15, 0.2) is 0 Å². The molecular weight excluding hydrogens is 314 g/mol. The highest BCUT2D eigenvalue weighted by atomic mass is 19.1. The Kier molecular flexibility index (Phi) is 6.26. The van der Waals surface area contributed by atoms with E-state index in [9.17, 15) is 13.6 Å². The van der Waals surface area contributed by atoms with Gasteiger partial charge in [0.1, 0.15) is 11.6 Å². The molecule has 0 bridgehead atoms. The monoisotopic (exact) mass is 334 g/mol. The van der Waals surface area contributed by atoms with Gasteiger partial charge in [-0.2, -0.15) is 0 Å². The summed E-state index contributed by atoms with van der Waals surface area (Å²) in [4.78, 5) is 13.8. The van der Waals surface area contributed by atoms with Gasteiger partial charge in [-0.25, -0.2) is 13.6 Å². The van der Waals surface area contributed by atoms with Crippen molar-refractivity contribution in [1.82, 2.24) is 10.2 Å². The van der Waals surface area contributed by atoms with Crippen LogP contribution in [-0.2, 0) is 6.54 Å². The number of amides is 2. The Bertz CT molecular complexity index is 680. The van der Waals surface area contributed by atoms with Gasteiger partial charge in [-0.15, -0.1) is 0 Å². The predicted octanol–water partition coefficient (Wildman–Crippen LogP) is 3.23. The van der Waals surface area contributed by atoms with Crippen LogP contribution in [0.5, 0.6) is 0 Å². The molecule has 2 aromatic rings. The molecule has 2 rings (SSSR count). The lowest BCUT2D eigenvalue weighted by Gasteiger charge is -2.25. The number of halogens is 2. The molecule has 1 atom stereocenters.